The van der Waals surface area contributed by atoms with Gasteiger partial charge in [0.15, 0.2) is 0 Å². The molecule has 6 atom stereocenters. The average molecular weight is 631 g/mol. The number of nitrogens with one attached hydrogen (secondary N) is 5. The van der Waals surface area contributed by atoms with Crippen LogP contribution >= 0.6 is 0 Å². The van der Waals surface area contributed by atoms with E-state index in [-0.39, 0.29) is 29.5 Å². The van der Waals surface area contributed by atoms with Crippen LogP contribution in [0.3, 0.4) is 0 Å². The Morgan fingerprint density at radius 3 is 2.19 bits per heavy atom. The first-order valence-corrected chi connectivity index (χ1v) is 16.5. The van der Waals surface area contributed by atoms with Gasteiger partial charge in [-0.3, -0.25) is 19.2 Å². The Morgan fingerprint density at radius 1 is 0.745 bits per heavy atom. The van der Waals surface area contributed by atoms with E-state index in [0.29, 0.717) is 25.7 Å². The lowest BCUT2D eigenvalue weighted by Crippen LogP contribution is -2.64. The van der Waals surface area contributed by atoms with Gasteiger partial charge in [-0.1, -0.05) is 80.6 Å². The lowest BCUT2D eigenvalue weighted by Gasteiger charge is -2.39. The lowest BCUT2D eigenvalue weighted by molar-refractivity contribution is -0.149. The maximum Gasteiger partial charge on any atom is 0.247 e. The molecule has 4 amide bonds. The Balaban J connectivity index is 1.13. The number of benzene rings is 3. The Hall–Kier alpha value is -5.12. The second-order valence-electron chi connectivity index (χ2n) is 13.8. The topological polar surface area (TPSA) is 135 Å². The zero-order chi connectivity index (χ0) is 32.4. The van der Waals surface area contributed by atoms with Crippen LogP contribution in [0.5, 0.6) is 0 Å². The Bertz CT molecular complexity index is 1920. The molecule has 10 nitrogen and oxygen atoms in total. The Kier molecular flexibility index (Phi) is 6.86. The van der Waals surface area contributed by atoms with Crippen molar-refractivity contribution in [1.29, 1.82) is 0 Å². The molecule has 47 heavy (non-hydrogen) atoms. The summed E-state index contributed by atoms with van der Waals surface area (Å²) in [6.45, 7) is 4.11. The molecular formula is C37H38N6O4. The van der Waals surface area contributed by atoms with Crippen molar-refractivity contribution in [2.45, 2.75) is 75.3 Å². The molecule has 0 saturated carbocycles. The van der Waals surface area contributed by atoms with Crippen molar-refractivity contribution < 1.29 is 19.2 Å². The van der Waals surface area contributed by atoms with Crippen LogP contribution in [-0.4, -0.2) is 63.8 Å². The van der Waals surface area contributed by atoms with Gasteiger partial charge in [-0.05, 0) is 47.1 Å². The molecule has 3 fully saturated rings. The predicted octanol–water partition coefficient (Wildman–Crippen LogP) is 3.12. The summed E-state index contributed by atoms with van der Waals surface area (Å²) in [5.41, 5.74) is 5.06. The van der Waals surface area contributed by atoms with Gasteiger partial charge >= 0.3 is 0 Å². The maximum atomic E-state index is 14.0. The van der Waals surface area contributed by atoms with E-state index >= 15 is 0 Å². The molecule has 4 aromatic rings. The largest absolute Gasteiger partial charge is 0.364 e. The molecule has 4 aliphatic rings. The van der Waals surface area contributed by atoms with Gasteiger partial charge in [-0.15, -0.1) is 0 Å². The summed E-state index contributed by atoms with van der Waals surface area (Å²) in [7, 11) is 0. The Morgan fingerprint density at radius 2 is 1.43 bits per heavy atom. The van der Waals surface area contributed by atoms with Crippen molar-refractivity contribution in [1.82, 2.24) is 25.8 Å². The number of fused-ring (bicyclic) bond motifs is 6. The van der Waals surface area contributed by atoms with E-state index in [4.69, 9.17) is 0 Å². The Labute approximate surface area is 272 Å². The molecule has 0 spiro atoms. The van der Waals surface area contributed by atoms with E-state index in [9.17, 15) is 19.2 Å². The molecule has 4 aliphatic heterocycles. The van der Waals surface area contributed by atoms with Crippen LogP contribution in [-0.2, 0) is 37.4 Å². The summed E-state index contributed by atoms with van der Waals surface area (Å²) in [6, 6.07) is 21.3. The SMILES string of the molecule is CC(C)C[C@H]1NC(=O)[C@@H]2C[C@]3(c4cccc5c(C[C@@H]6NC(=O)[C@@H](Cc7ccccc7)NC6=O)c[nH]c45)c4ccccc4N[C@@H]3N2C1=O. The third kappa shape index (κ3) is 4.60. The van der Waals surface area contributed by atoms with Crippen LogP contribution in [0.4, 0.5) is 5.69 Å². The molecule has 3 aromatic carbocycles. The summed E-state index contributed by atoms with van der Waals surface area (Å²) in [5.74, 6) is -0.335. The fourth-order valence-corrected chi connectivity index (χ4v) is 8.36. The number of hydrogen-bond acceptors (Lipinski definition) is 5. The molecule has 0 radical (unpaired) electrons. The minimum Gasteiger partial charge on any atom is -0.364 e. The van der Waals surface area contributed by atoms with Gasteiger partial charge in [0, 0.05) is 35.6 Å². The number of carbonyl (C=O) groups is 4. The van der Waals surface area contributed by atoms with E-state index in [2.05, 4.69) is 52.2 Å². The molecular weight excluding hydrogens is 592 g/mol. The minimum absolute atomic E-state index is 0.0561. The number of carbonyl (C=O) groups excluding carboxylic acids is 4. The molecule has 5 N–H and O–H groups in total. The molecule has 240 valence electrons. The van der Waals surface area contributed by atoms with Crippen molar-refractivity contribution in [2.24, 2.45) is 5.92 Å². The number of anilines is 1. The number of para-hydroxylation sites is 2. The zero-order valence-corrected chi connectivity index (χ0v) is 26.4. The molecule has 5 heterocycles. The zero-order valence-electron chi connectivity index (χ0n) is 26.4. The van der Waals surface area contributed by atoms with E-state index in [1.165, 1.54) is 0 Å². The maximum absolute atomic E-state index is 14.0. The van der Waals surface area contributed by atoms with E-state index in [0.717, 1.165) is 38.8 Å². The van der Waals surface area contributed by atoms with E-state index in [1.54, 1.807) is 4.90 Å². The third-order valence-corrected chi connectivity index (χ3v) is 10.4. The first kappa shape index (κ1) is 29.3. The predicted molar refractivity (Wildman–Crippen MR) is 177 cm³/mol. The van der Waals surface area contributed by atoms with Gasteiger partial charge in [0.05, 0.1) is 5.41 Å². The van der Waals surface area contributed by atoms with Gasteiger partial charge in [-0.2, -0.15) is 0 Å². The van der Waals surface area contributed by atoms with Crippen LogP contribution in [0, 0.1) is 5.92 Å². The lowest BCUT2D eigenvalue weighted by atomic mass is 9.71. The third-order valence-electron chi connectivity index (χ3n) is 10.4. The van der Waals surface area contributed by atoms with Gasteiger partial charge in [0.1, 0.15) is 30.3 Å². The highest BCUT2D eigenvalue weighted by Crippen LogP contribution is 2.56. The monoisotopic (exact) mass is 630 g/mol. The molecule has 3 saturated heterocycles. The number of aromatic nitrogens is 1. The number of piperazine rings is 2. The highest BCUT2D eigenvalue weighted by Gasteiger charge is 2.64. The highest BCUT2D eigenvalue weighted by molar-refractivity contribution is 6.00. The average Bonchev–Trinajstić information content (AvgIpc) is 3.72. The van der Waals surface area contributed by atoms with Gasteiger partial charge in [0.2, 0.25) is 23.6 Å². The summed E-state index contributed by atoms with van der Waals surface area (Å²) in [6.07, 6.45) is 3.22. The number of H-pyrrole nitrogens is 1. The summed E-state index contributed by atoms with van der Waals surface area (Å²) >= 11 is 0. The van der Waals surface area contributed by atoms with Crippen LogP contribution in [0.2, 0.25) is 0 Å². The summed E-state index contributed by atoms with van der Waals surface area (Å²) in [4.78, 5) is 59.2. The number of nitrogens with zero attached hydrogens (tertiary/aromatic N) is 1. The number of hydrogen-bond donors (Lipinski definition) is 5. The van der Waals surface area contributed by atoms with Crippen LogP contribution in [0.1, 0.15) is 48.9 Å². The van der Waals surface area contributed by atoms with Gasteiger partial charge < -0.3 is 31.2 Å². The first-order valence-electron chi connectivity index (χ1n) is 16.5. The second-order valence-corrected chi connectivity index (χ2v) is 13.8. The molecule has 8 rings (SSSR count). The summed E-state index contributed by atoms with van der Waals surface area (Å²) < 4.78 is 0. The van der Waals surface area contributed by atoms with Crippen molar-refractivity contribution >= 4 is 40.2 Å². The van der Waals surface area contributed by atoms with Crippen LogP contribution in [0.15, 0.2) is 79.0 Å². The number of rotatable bonds is 7. The molecule has 10 heteroatoms. The van der Waals surface area contributed by atoms with E-state index in [1.807, 2.05) is 66.9 Å². The fraction of sp³-hybridized carbons (Fsp3) is 0.351. The van der Waals surface area contributed by atoms with Crippen LogP contribution in [0.25, 0.3) is 10.9 Å². The molecule has 0 aliphatic carbocycles. The number of amides is 4. The highest BCUT2D eigenvalue weighted by atomic mass is 16.2. The summed E-state index contributed by atoms with van der Waals surface area (Å²) in [5, 5.41) is 13.5. The molecule has 1 aromatic heterocycles. The van der Waals surface area contributed by atoms with Crippen LogP contribution < -0.4 is 21.3 Å². The minimum atomic E-state index is -0.711. The van der Waals surface area contributed by atoms with Crippen molar-refractivity contribution in [3.63, 3.8) is 0 Å². The first-order chi connectivity index (χ1) is 22.7. The second kappa shape index (κ2) is 11.0. The van der Waals surface area contributed by atoms with Crippen molar-refractivity contribution in [3.05, 3.63) is 101 Å². The fourth-order valence-electron chi connectivity index (χ4n) is 8.36. The molecule has 0 unspecified atom stereocenters. The van der Waals surface area contributed by atoms with Crippen molar-refractivity contribution in [2.75, 3.05) is 5.32 Å². The standard InChI is InChI=1S/C37H38N6O4/c1-20(2)15-29-35(47)43-30(34(46)41-29)18-37(24-12-6-7-14-26(24)42-36(37)43)25-13-8-11-23-22(19-38-31(23)25)17-28-33(45)39-27(32(44)40-28)16-21-9-4-3-5-10-21/h3-14,19-20,27-30,36,38,42H,15-18H2,1-2H3,(H,39,45)(H,40,44)(H,41,46)/t27-,28+,29-,30+,36-,37-/m1/s1. The quantitative estimate of drug-likeness (QED) is 0.214. The van der Waals surface area contributed by atoms with Gasteiger partial charge in [0.25, 0.3) is 0 Å². The van der Waals surface area contributed by atoms with Crippen molar-refractivity contribution in [3.8, 4) is 0 Å². The normalized spacial score (nSPS) is 28.0. The molecule has 0 bridgehead atoms. The van der Waals surface area contributed by atoms with Gasteiger partial charge in [-0.25, -0.2) is 0 Å². The van der Waals surface area contributed by atoms with E-state index < -0.39 is 35.7 Å². The number of aromatic amines is 1. The smallest absolute Gasteiger partial charge is 0.247 e.